The maximum Gasteiger partial charge on any atom is 0.127 e. The van der Waals surface area contributed by atoms with Gasteiger partial charge in [0.2, 0.25) is 0 Å². The van der Waals surface area contributed by atoms with E-state index >= 15 is 0 Å². The van der Waals surface area contributed by atoms with Crippen molar-refractivity contribution in [3.05, 3.63) is 34.1 Å². The van der Waals surface area contributed by atoms with Gasteiger partial charge in [0.05, 0.1) is 13.2 Å². The zero-order valence-corrected chi connectivity index (χ0v) is 12.5. The van der Waals surface area contributed by atoms with Gasteiger partial charge in [-0.3, -0.25) is 4.90 Å². The molecule has 5 heteroatoms. The molecule has 1 fully saturated rings. The van der Waals surface area contributed by atoms with Gasteiger partial charge in [0.1, 0.15) is 5.82 Å². The lowest BCUT2D eigenvalue weighted by atomic mass is 10.1. The highest BCUT2D eigenvalue weighted by atomic mass is 79.9. The molecule has 17 heavy (non-hydrogen) atoms. The molecule has 94 valence electrons. The molecule has 0 N–H and O–H groups in total. The van der Waals surface area contributed by atoms with Crippen molar-refractivity contribution in [1.29, 1.82) is 0 Å². The van der Waals surface area contributed by atoms with Crippen LogP contribution in [-0.4, -0.2) is 36.0 Å². The number of alkyl halides is 1. The summed E-state index contributed by atoms with van der Waals surface area (Å²) in [6.45, 7) is 2.91. The predicted octanol–water partition coefficient (Wildman–Crippen LogP) is 3.18. The Hall–Kier alpha value is 0.0300. The summed E-state index contributed by atoms with van der Waals surface area (Å²) in [5, 5.41) is 0.850. The van der Waals surface area contributed by atoms with Gasteiger partial charge in [-0.15, -0.1) is 0 Å². The van der Waals surface area contributed by atoms with Crippen LogP contribution in [0.4, 0.5) is 4.39 Å². The Kier molecular flexibility index (Phi) is 4.97. The summed E-state index contributed by atoms with van der Waals surface area (Å²) in [5.74, 6) is -0.145. The van der Waals surface area contributed by atoms with Crippen molar-refractivity contribution in [1.82, 2.24) is 4.90 Å². The van der Waals surface area contributed by atoms with Crippen LogP contribution in [0, 0.1) is 5.82 Å². The topological polar surface area (TPSA) is 12.5 Å². The summed E-state index contributed by atoms with van der Waals surface area (Å²) in [6.07, 6.45) is 0. The number of benzene rings is 1. The predicted molar refractivity (Wildman–Crippen MR) is 72.9 cm³/mol. The molecule has 1 saturated heterocycles. The SMILES string of the molecule is Fc1ccc(Br)cc1CN1CCOCC1CBr. The second kappa shape index (κ2) is 6.27. The van der Waals surface area contributed by atoms with Crippen molar-refractivity contribution in [2.75, 3.05) is 25.1 Å². The summed E-state index contributed by atoms with van der Waals surface area (Å²) < 4.78 is 20.0. The number of morpholine rings is 1. The Balaban J connectivity index is 2.10. The van der Waals surface area contributed by atoms with Gasteiger partial charge in [0.15, 0.2) is 0 Å². The highest BCUT2D eigenvalue weighted by molar-refractivity contribution is 9.10. The minimum atomic E-state index is -0.145. The van der Waals surface area contributed by atoms with Gasteiger partial charge < -0.3 is 4.74 Å². The van der Waals surface area contributed by atoms with Gasteiger partial charge in [0, 0.05) is 34.5 Å². The fourth-order valence-corrected chi connectivity index (χ4v) is 2.93. The zero-order chi connectivity index (χ0) is 12.3. The summed E-state index contributed by atoms with van der Waals surface area (Å²) in [7, 11) is 0. The quantitative estimate of drug-likeness (QED) is 0.762. The maximum absolute atomic E-state index is 13.7. The molecule has 1 unspecified atom stereocenters. The molecule has 0 aromatic heterocycles. The van der Waals surface area contributed by atoms with E-state index in [1.54, 1.807) is 6.07 Å². The number of rotatable bonds is 3. The summed E-state index contributed by atoms with van der Waals surface area (Å²) in [4.78, 5) is 2.25. The van der Waals surface area contributed by atoms with E-state index in [0.717, 1.165) is 28.5 Å². The third-order valence-corrected chi connectivity index (χ3v) is 4.15. The normalized spacial score (nSPS) is 21.7. The molecule has 2 rings (SSSR count). The van der Waals surface area contributed by atoms with E-state index in [1.807, 2.05) is 6.07 Å². The van der Waals surface area contributed by atoms with Crippen LogP contribution in [0.15, 0.2) is 22.7 Å². The maximum atomic E-state index is 13.7. The molecule has 1 aliphatic rings. The van der Waals surface area contributed by atoms with Crippen molar-refractivity contribution in [2.24, 2.45) is 0 Å². The summed E-state index contributed by atoms with van der Waals surface area (Å²) in [6, 6.07) is 5.39. The lowest BCUT2D eigenvalue weighted by Gasteiger charge is -2.34. The average Bonchev–Trinajstić information content (AvgIpc) is 2.34. The first-order valence-corrected chi connectivity index (χ1v) is 7.44. The second-order valence-electron chi connectivity index (χ2n) is 4.09. The molecule has 1 aliphatic heterocycles. The van der Waals surface area contributed by atoms with Crippen molar-refractivity contribution < 1.29 is 9.13 Å². The first-order valence-electron chi connectivity index (χ1n) is 5.52. The van der Waals surface area contributed by atoms with Gasteiger partial charge in [-0.2, -0.15) is 0 Å². The largest absolute Gasteiger partial charge is 0.378 e. The van der Waals surface area contributed by atoms with E-state index in [1.165, 1.54) is 6.07 Å². The molecule has 1 atom stereocenters. The summed E-state index contributed by atoms with van der Waals surface area (Å²) in [5.41, 5.74) is 0.729. The van der Waals surface area contributed by atoms with Crippen LogP contribution in [-0.2, 0) is 11.3 Å². The lowest BCUT2D eigenvalue weighted by molar-refractivity contribution is -0.00256. The van der Waals surface area contributed by atoms with Crippen molar-refractivity contribution in [3.8, 4) is 0 Å². The Morgan fingerprint density at radius 3 is 3.06 bits per heavy atom. The molecular weight excluding hydrogens is 353 g/mol. The Bertz CT molecular complexity index is 389. The Morgan fingerprint density at radius 2 is 2.29 bits per heavy atom. The van der Waals surface area contributed by atoms with E-state index < -0.39 is 0 Å². The van der Waals surface area contributed by atoms with Gasteiger partial charge in [0.25, 0.3) is 0 Å². The van der Waals surface area contributed by atoms with E-state index in [-0.39, 0.29) is 5.82 Å². The average molecular weight is 367 g/mol. The third kappa shape index (κ3) is 3.50. The fourth-order valence-electron chi connectivity index (χ4n) is 1.92. The van der Waals surface area contributed by atoms with Gasteiger partial charge in [-0.25, -0.2) is 4.39 Å². The third-order valence-electron chi connectivity index (χ3n) is 2.91. The number of ether oxygens (including phenoxy) is 1. The molecule has 1 heterocycles. The lowest BCUT2D eigenvalue weighted by Crippen LogP contribution is -2.45. The number of halogens is 3. The van der Waals surface area contributed by atoms with E-state index in [4.69, 9.17) is 4.74 Å². The summed E-state index contributed by atoms with van der Waals surface area (Å²) >= 11 is 6.85. The fraction of sp³-hybridized carbons (Fsp3) is 0.500. The minimum absolute atomic E-state index is 0.145. The highest BCUT2D eigenvalue weighted by Crippen LogP contribution is 2.20. The van der Waals surface area contributed by atoms with Crippen LogP contribution < -0.4 is 0 Å². The van der Waals surface area contributed by atoms with Gasteiger partial charge >= 0.3 is 0 Å². The molecule has 0 aliphatic carbocycles. The first kappa shape index (κ1) is 13.5. The Labute approximate surface area is 117 Å². The van der Waals surface area contributed by atoms with Crippen molar-refractivity contribution in [2.45, 2.75) is 12.6 Å². The van der Waals surface area contributed by atoms with E-state index in [2.05, 4.69) is 36.8 Å². The molecule has 2 nitrogen and oxygen atoms in total. The zero-order valence-electron chi connectivity index (χ0n) is 9.33. The molecule has 0 bridgehead atoms. The Morgan fingerprint density at radius 1 is 1.47 bits per heavy atom. The van der Waals surface area contributed by atoms with Crippen LogP contribution in [0.3, 0.4) is 0 Å². The molecular formula is C12H14Br2FNO. The number of hydrogen-bond donors (Lipinski definition) is 0. The molecule has 0 saturated carbocycles. The minimum Gasteiger partial charge on any atom is -0.378 e. The van der Waals surface area contributed by atoms with Crippen LogP contribution in [0.2, 0.25) is 0 Å². The smallest absolute Gasteiger partial charge is 0.127 e. The highest BCUT2D eigenvalue weighted by Gasteiger charge is 2.22. The molecule has 1 aromatic carbocycles. The van der Waals surface area contributed by atoms with Crippen LogP contribution in [0.25, 0.3) is 0 Å². The molecule has 0 radical (unpaired) electrons. The molecule has 1 aromatic rings. The van der Waals surface area contributed by atoms with Crippen molar-refractivity contribution in [3.63, 3.8) is 0 Å². The van der Waals surface area contributed by atoms with Crippen LogP contribution in [0.1, 0.15) is 5.56 Å². The monoisotopic (exact) mass is 365 g/mol. The van der Waals surface area contributed by atoms with Crippen LogP contribution >= 0.6 is 31.9 Å². The molecule has 0 spiro atoms. The number of hydrogen-bond acceptors (Lipinski definition) is 2. The van der Waals surface area contributed by atoms with E-state index in [9.17, 15) is 4.39 Å². The number of nitrogens with zero attached hydrogens (tertiary/aromatic N) is 1. The van der Waals surface area contributed by atoms with Crippen LogP contribution in [0.5, 0.6) is 0 Å². The molecule has 0 amide bonds. The first-order chi connectivity index (χ1) is 8.20. The van der Waals surface area contributed by atoms with Gasteiger partial charge in [-0.05, 0) is 18.2 Å². The van der Waals surface area contributed by atoms with Crippen molar-refractivity contribution >= 4 is 31.9 Å². The second-order valence-corrected chi connectivity index (χ2v) is 5.65. The standard InChI is InChI=1S/C12H14Br2FNO/c13-6-11-8-17-4-3-16(11)7-9-5-10(14)1-2-12(9)15/h1-2,5,11H,3-4,6-8H2. The van der Waals surface area contributed by atoms with Gasteiger partial charge in [-0.1, -0.05) is 31.9 Å². The van der Waals surface area contributed by atoms with E-state index in [0.29, 0.717) is 19.2 Å².